The van der Waals surface area contributed by atoms with Gasteiger partial charge in [0.1, 0.15) is 4.60 Å². The van der Waals surface area contributed by atoms with Crippen LogP contribution in [0.15, 0.2) is 35.1 Å². The van der Waals surface area contributed by atoms with E-state index in [0.717, 1.165) is 23.3 Å². The number of nitrogens with zero attached hydrogens (tertiary/aromatic N) is 1. The molecule has 4 nitrogen and oxygen atoms in total. The first kappa shape index (κ1) is 13.3. The van der Waals surface area contributed by atoms with E-state index in [-0.39, 0.29) is 5.91 Å². The Morgan fingerprint density at radius 2 is 2.10 bits per heavy atom. The maximum absolute atomic E-state index is 12.2. The van der Waals surface area contributed by atoms with Gasteiger partial charge in [0, 0.05) is 18.7 Å². The van der Waals surface area contributed by atoms with Crippen LogP contribution in [0.2, 0.25) is 0 Å². The average molecular weight is 332 g/mol. The zero-order valence-corrected chi connectivity index (χ0v) is 12.6. The van der Waals surface area contributed by atoms with E-state index in [9.17, 15) is 4.79 Å². The van der Waals surface area contributed by atoms with E-state index in [4.69, 9.17) is 0 Å². The van der Waals surface area contributed by atoms with Crippen LogP contribution >= 0.6 is 15.9 Å². The van der Waals surface area contributed by atoms with Crippen molar-refractivity contribution in [2.75, 3.05) is 5.32 Å². The molecule has 1 aromatic heterocycles. The van der Waals surface area contributed by atoms with Crippen LogP contribution in [0.3, 0.4) is 0 Å². The van der Waals surface area contributed by atoms with Gasteiger partial charge in [0.25, 0.3) is 5.91 Å². The molecule has 1 aromatic carbocycles. The van der Waals surface area contributed by atoms with Gasteiger partial charge in [0.2, 0.25) is 0 Å². The summed E-state index contributed by atoms with van der Waals surface area (Å²) >= 11 is 3.34. The summed E-state index contributed by atoms with van der Waals surface area (Å²) in [5.41, 5.74) is 4.83. The third kappa shape index (κ3) is 2.59. The van der Waals surface area contributed by atoms with E-state index in [1.807, 2.05) is 31.2 Å². The van der Waals surface area contributed by atoms with Crippen LogP contribution in [0.1, 0.15) is 27.0 Å². The lowest BCUT2D eigenvalue weighted by atomic mass is 10.1. The van der Waals surface area contributed by atoms with Crippen LogP contribution < -0.4 is 10.6 Å². The number of halogens is 1. The Morgan fingerprint density at radius 1 is 1.30 bits per heavy atom. The van der Waals surface area contributed by atoms with Crippen LogP contribution in [-0.2, 0) is 13.1 Å². The van der Waals surface area contributed by atoms with E-state index >= 15 is 0 Å². The van der Waals surface area contributed by atoms with Gasteiger partial charge in [-0.1, -0.05) is 6.07 Å². The Hall–Kier alpha value is -1.72. The smallest absolute Gasteiger partial charge is 0.255 e. The largest absolute Gasteiger partial charge is 0.321 e. The second-order valence-electron chi connectivity index (χ2n) is 4.87. The molecule has 2 heterocycles. The lowest BCUT2D eigenvalue weighted by Gasteiger charge is -2.07. The Kier molecular flexibility index (Phi) is 3.54. The molecular weight excluding hydrogens is 318 g/mol. The summed E-state index contributed by atoms with van der Waals surface area (Å²) in [6.45, 7) is 3.65. The van der Waals surface area contributed by atoms with E-state index < -0.39 is 0 Å². The van der Waals surface area contributed by atoms with Crippen molar-refractivity contribution in [1.82, 2.24) is 10.3 Å². The molecule has 0 spiro atoms. The highest BCUT2D eigenvalue weighted by Gasteiger charge is 2.13. The summed E-state index contributed by atoms with van der Waals surface area (Å²) in [7, 11) is 0. The fraction of sp³-hybridized carbons (Fsp3) is 0.200. The fourth-order valence-corrected chi connectivity index (χ4v) is 2.48. The predicted octanol–water partition coefficient (Wildman–Crippen LogP) is 3.01. The molecule has 0 saturated heterocycles. The molecular formula is C15H14BrN3O. The maximum atomic E-state index is 12.2. The lowest BCUT2D eigenvalue weighted by Crippen LogP contribution is -2.12. The predicted molar refractivity (Wildman–Crippen MR) is 81.6 cm³/mol. The fourth-order valence-electron chi connectivity index (χ4n) is 2.27. The number of pyridine rings is 1. The van der Waals surface area contributed by atoms with Crippen molar-refractivity contribution in [3.05, 3.63) is 57.3 Å². The average Bonchev–Trinajstić information content (AvgIpc) is 2.90. The number of rotatable bonds is 2. The highest BCUT2D eigenvalue weighted by molar-refractivity contribution is 9.10. The van der Waals surface area contributed by atoms with Gasteiger partial charge >= 0.3 is 0 Å². The zero-order chi connectivity index (χ0) is 14.1. The van der Waals surface area contributed by atoms with Crippen molar-refractivity contribution in [2.24, 2.45) is 0 Å². The number of benzene rings is 1. The third-order valence-corrected chi connectivity index (χ3v) is 4.20. The molecule has 0 radical (unpaired) electrons. The quantitative estimate of drug-likeness (QED) is 0.832. The molecule has 0 saturated carbocycles. The van der Waals surface area contributed by atoms with E-state index in [1.165, 1.54) is 11.1 Å². The van der Waals surface area contributed by atoms with Gasteiger partial charge in [-0.2, -0.15) is 0 Å². The van der Waals surface area contributed by atoms with Crippen molar-refractivity contribution < 1.29 is 4.79 Å². The molecule has 2 aromatic rings. The number of carbonyl (C=O) groups excluding carboxylic acids is 1. The highest BCUT2D eigenvalue weighted by atomic mass is 79.9. The van der Waals surface area contributed by atoms with Crippen LogP contribution in [-0.4, -0.2) is 10.9 Å². The normalized spacial score (nSPS) is 13.1. The van der Waals surface area contributed by atoms with Crippen LogP contribution in [0.5, 0.6) is 0 Å². The van der Waals surface area contributed by atoms with E-state index in [1.54, 1.807) is 6.20 Å². The van der Waals surface area contributed by atoms with Gasteiger partial charge in [-0.05, 0) is 57.7 Å². The van der Waals surface area contributed by atoms with Crippen LogP contribution in [0.25, 0.3) is 0 Å². The topological polar surface area (TPSA) is 54.0 Å². The molecule has 0 fully saturated rings. The van der Waals surface area contributed by atoms with Crippen LogP contribution in [0.4, 0.5) is 5.69 Å². The second-order valence-corrected chi connectivity index (χ2v) is 5.62. The number of fused-ring (bicyclic) bond motifs is 1. The monoisotopic (exact) mass is 331 g/mol. The van der Waals surface area contributed by atoms with Gasteiger partial charge in [-0.15, -0.1) is 0 Å². The summed E-state index contributed by atoms with van der Waals surface area (Å²) in [5.74, 6) is -0.108. The van der Waals surface area contributed by atoms with E-state index in [0.29, 0.717) is 11.3 Å². The van der Waals surface area contributed by atoms with Crippen LogP contribution in [0, 0.1) is 6.92 Å². The number of anilines is 1. The number of hydrogen-bond acceptors (Lipinski definition) is 3. The molecule has 102 valence electrons. The highest BCUT2D eigenvalue weighted by Crippen LogP contribution is 2.20. The van der Waals surface area contributed by atoms with Crippen molar-refractivity contribution in [3.63, 3.8) is 0 Å². The summed E-state index contributed by atoms with van der Waals surface area (Å²) in [5, 5.41) is 6.15. The molecule has 1 amide bonds. The first-order chi connectivity index (χ1) is 9.63. The number of nitrogens with one attached hydrogen (secondary N) is 2. The molecule has 5 heteroatoms. The molecule has 0 atom stereocenters. The summed E-state index contributed by atoms with van der Waals surface area (Å²) in [6.07, 6.45) is 1.64. The molecule has 3 rings (SSSR count). The second kappa shape index (κ2) is 5.34. The number of aryl methyl sites for hydroxylation is 1. The number of amides is 1. The standard InChI is InChI=1S/C15H14BrN3O/c1-9-4-13(8-18-14(9)16)19-15(20)10-2-3-11-6-17-7-12(11)5-10/h2-5,8,17H,6-7H2,1H3,(H,19,20). The van der Waals surface area contributed by atoms with Gasteiger partial charge in [0.15, 0.2) is 0 Å². The molecule has 2 N–H and O–H groups in total. The Bertz CT molecular complexity index is 685. The Labute approximate surface area is 125 Å². The maximum Gasteiger partial charge on any atom is 0.255 e. The number of hydrogen-bond donors (Lipinski definition) is 2. The van der Waals surface area contributed by atoms with Gasteiger partial charge in [-0.3, -0.25) is 4.79 Å². The minimum absolute atomic E-state index is 0.108. The third-order valence-electron chi connectivity index (χ3n) is 3.37. The minimum atomic E-state index is -0.108. The Balaban J connectivity index is 1.80. The lowest BCUT2D eigenvalue weighted by molar-refractivity contribution is 0.102. The summed E-state index contributed by atoms with van der Waals surface area (Å²) < 4.78 is 0.791. The summed E-state index contributed by atoms with van der Waals surface area (Å²) in [6, 6.07) is 7.71. The summed E-state index contributed by atoms with van der Waals surface area (Å²) in [4.78, 5) is 16.4. The van der Waals surface area contributed by atoms with Gasteiger partial charge in [0.05, 0.1) is 11.9 Å². The van der Waals surface area contributed by atoms with Crippen molar-refractivity contribution >= 4 is 27.5 Å². The first-order valence-corrected chi connectivity index (χ1v) is 7.19. The molecule has 20 heavy (non-hydrogen) atoms. The van der Waals surface area contributed by atoms with Crippen molar-refractivity contribution in [2.45, 2.75) is 20.0 Å². The molecule has 0 bridgehead atoms. The van der Waals surface area contributed by atoms with Gasteiger partial charge < -0.3 is 10.6 Å². The molecule has 0 aliphatic carbocycles. The minimum Gasteiger partial charge on any atom is -0.321 e. The molecule has 0 unspecified atom stereocenters. The molecule has 1 aliphatic heterocycles. The van der Waals surface area contributed by atoms with Gasteiger partial charge in [-0.25, -0.2) is 4.98 Å². The molecule has 1 aliphatic rings. The van der Waals surface area contributed by atoms with Crippen molar-refractivity contribution in [3.8, 4) is 0 Å². The SMILES string of the molecule is Cc1cc(NC(=O)c2ccc3c(c2)CNC3)cnc1Br. The first-order valence-electron chi connectivity index (χ1n) is 6.39. The number of aromatic nitrogens is 1. The van der Waals surface area contributed by atoms with E-state index in [2.05, 4.69) is 31.5 Å². The number of carbonyl (C=O) groups is 1. The zero-order valence-electron chi connectivity index (χ0n) is 11.0. The Morgan fingerprint density at radius 3 is 2.90 bits per heavy atom. The van der Waals surface area contributed by atoms with Crippen molar-refractivity contribution in [1.29, 1.82) is 0 Å².